The average molecular weight is 412 g/mol. The number of nitrogens with one attached hydrogen (secondary N) is 1. The Morgan fingerprint density at radius 1 is 1.43 bits per heavy atom. The number of carbonyl (C=O) groups is 1. The van der Waals surface area contributed by atoms with Crippen LogP contribution in [0.1, 0.15) is 29.4 Å². The highest BCUT2D eigenvalue weighted by Gasteiger charge is 2.28. The van der Waals surface area contributed by atoms with Crippen LogP contribution in [0, 0.1) is 29.8 Å². The molecule has 28 heavy (non-hydrogen) atoms. The Hall–Kier alpha value is -2.52. The van der Waals surface area contributed by atoms with Crippen molar-refractivity contribution in [3.05, 3.63) is 57.1 Å². The van der Waals surface area contributed by atoms with Crippen LogP contribution in [-0.2, 0) is 11.3 Å². The highest BCUT2D eigenvalue weighted by Crippen LogP contribution is 2.25. The molecule has 2 heterocycles. The fourth-order valence-corrected chi connectivity index (χ4v) is 3.53. The second-order valence-corrected chi connectivity index (χ2v) is 6.61. The van der Waals surface area contributed by atoms with Crippen molar-refractivity contribution in [1.82, 2.24) is 20.0 Å². The third-order valence-corrected chi connectivity index (χ3v) is 4.86. The molecule has 1 N–H and O–H groups in total. The quantitative estimate of drug-likeness (QED) is 0.602. The Kier molecular flexibility index (Phi) is 7.09. The first-order chi connectivity index (χ1) is 12.9. The number of nitrogens with zero attached hydrogens (tertiary/aromatic N) is 4. The van der Waals surface area contributed by atoms with Gasteiger partial charge in [0.25, 0.3) is 0 Å². The Balaban J connectivity index is 0.00000280. The molecule has 0 saturated carbocycles. The lowest BCUT2D eigenvalue weighted by atomic mass is 10.0. The van der Waals surface area contributed by atoms with Crippen LogP contribution in [-0.4, -0.2) is 45.1 Å². The molecule has 8 nitrogen and oxygen atoms in total. The maximum Gasteiger partial charge on any atom is 0.312 e. The third-order valence-electron chi connectivity index (χ3n) is 4.86. The van der Waals surface area contributed by atoms with Crippen LogP contribution in [0.3, 0.4) is 0 Å². The molecule has 3 rings (SSSR count). The standard InChI is InChI=1S/C18H22FN5O3.ClH/c1-12-18(24(26)27)13(2)23(21-12)8-6-17(25)22-9-7-20-11-16(22)14-4-3-5-15(19)10-14;/h3-5,10,16,20H,6-9,11H2,1-2H3;1H. The van der Waals surface area contributed by atoms with Gasteiger partial charge < -0.3 is 10.2 Å². The predicted molar refractivity (Wildman–Crippen MR) is 104 cm³/mol. The molecule has 1 saturated heterocycles. The van der Waals surface area contributed by atoms with Gasteiger partial charge in [0.1, 0.15) is 17.2 Å². The molecular weight excluding hydrogens is 389 g/mol. The van der Waals surface area contributed by atoms with Gasteiger partial charge in [-0.2, -0.15) is 5.10 Å². The van der Waals surface area contributed by atoms with Crippen LogP contribution in [0.25, 0.3) is 0 Å². The lowest BCUT2D eigenvalue weighted by Gasteiger charge is -2.36. The van der Waals surface area contributed by atoms with E-state index in [-0.39, 0.29) is 48.8 Å². The van der Waals surface area contributed by atoms with E-state index in [1.165, 1.54) is 16.8 Å². The van der Waals surface area contributed by atoms with Gasteiger partial charge in [0.15, 0.2) is 0 Å². The first kappa shape index (κ1) is 21.8. The number of benzene rings is 1. The lowest BCUT2D eigenvalue weighted by molar-refractivity contribution is -0.386. The third kappa shape index (κ3) is 4.48. The zero-order valence-corrected chi connectivity index (χ0v) is 16.5. The summed E-state index contributed by atoms with van der Waals surface area (Å²) in [5.74, 6) is -0.415. The van der Waals surface area contributed by atoms with Crippen LogP contribution < -0.4 is 5.32 Å². The van der Waals surface area contributed by atoms with Crippen molar-refractivity contribution >= 4 is 24.0 Å². The van der Waals surface area contributed by atoms with E-state index in [1.807, 2.05) is 6.07 Å². The Labute approximate surface area is 168 Å². The van der Waals surface area contributed by atoms with E-state index < -0.39 is 4.92 Å². The number of halogens is 2. The van der Waals surface area contributed by atoms with Gasteiger partial charge in [-0.15, -0.1) is 12.4 Å². The number of carbonyl (C=O) groups excluding carboxylic acids is 1. The highest BCUT2D eigenvalue weighted by atomic mass is 35.5. The summed E-state index contributed by atoms with van der Waals surface area (Å²) in [7, 11) is 0. The van der Waals surface area contributed by atoms with Crippen molar-refractivity contribution in [2.45, 2.75) is 32.9 Å². The number of rotatable bonds is 5. The van der Waals surface area contributed by atoms with Crippen LogP contribution >= 0.6 is 12.4 Å². The van der Waals surface area contributed by atoms with Crippen molar-refractivity contribution in [3.63, 3.8) is 0 Å². The molecule has 0 spiro atoms. The van der Waals surface area contributed by atoms with Crippen LogP contribution in [0.2, 0.25) is 0 Å². The number of hydrogen-bond donors (Lipinski definition) is 1. The van der Waals surface area contributed by atoms with Gasteiger partial charge in [0.05, 0.1) is 17.5 Å². The minimum atomic E-state index is -0.452. The molecule has 1 atom stereocenters. The van der Waals surface area contributed by atoms with Crippen molar-refractivity contribution in [2.24, 2.45) is 0 Å². The van der Waals surface area contributed by atoms with Gasteiger partial charge in [-0.1, -0.05) is 12.1 Å². The lowest BCUT2D eigenvalue weighted by Crippen LogP contribution is -2.48. The number of nitro groups is 1. The second kappa shape index (κ2) is 9.11. The summed E-state index contributed by atoms with van der Waals surface area (Å²) in [4.78, 5) is 25.2. The van der Waals surface area contributed by atoms with Gasteiger partial charge in [0, 0.05) is 26.1 Å². The maximum absolute atomic E-state index is 13.6. The molecule has 0 radical (unpaired) electrons. The van der Waals surface area contributed by atoms with E-state index >= 15 is 0 Å². The monoisotopic (exact) mass is 411 g/mol. The van der Waals surface area contributed by atoms with E-state index in [0.29, 0.717) is 31.0 Å². The van der Waals surface area contributed by atoms with Crippen molar-refractivity contribution in [3.8, 4) is 0 Å². The Morgan fingerprint density at radius 3 is 2.82 bits per heavy atom. The molecule has 1 aliphatic heterocycles. The highest BCUT2D eigenvalue weighted by molar-refractivity contribution is 5.85. The first-order valence-electron chi connectivity index (χ1n) is 8.82. The Morgan fingerprint density at radius 2 is 2.18 bits per heavy atom. The van der Waals surface area contributed by atoms with Crippen LogP contribution in [0.15, 0.2) is 24.3 Å². The number of hydrogen-bond acceptors (Lipinski definition) is 5. The average Bonchev–Trinajstić information content (AvgIpc) is 2.93. The number of aryl methyl sites for hydroxylation is 2. The van der Waals surface area contributed by atoms with Gasteiger partial charge >= 0.3 is 5.69 Å². The van der Waals surface area contributed by atoms with Crippen molar-refractivity contribution in [1.29, 1.82) is 0 Å². The summed E-state index contributed by atoms with van der Waals surface area (Å²) in [5, 5.41) is 18.5. The molecule has 0 bridgehead atoms. The zero-order chi connectivity index (χ0) is 19.6. The van der Waals surface area contributed by atoms with Gasteiger partial charge in [-0.25, -0.2) is 4.39 Å². The topological polar surface area (TPSA) is 93.3 Å². The minimum Gasteiger partial charge on any atom is -0.333 e. The van der Waals surface area contributed by atoms with Crippen molar-refractivity contribution in [2.75, 3.05) is 19.6 Å². The fraction of sp³-hybridized carbons (Fsp3) is 0.444. The van der Waals surface area contributed by atoms with E-state index in [4.69, 9.17) is 0 Å². The SMILES string of the molecule is Cc1nn(CCC(=O)N2CCNCC2c2cccc(F)c2)c(C)c1[N+](=O)[O-].Cl. The van der Waals surface area contributed by atoms with Crippen molar-refractivity contribution < 1.29 is 14.1 Å². The molecule has 2 aromatic rings. The van der Waals surface area contributed by atoms with E-state index in [9.17, 15) is 19.3 Å². The molecule has 10 heteroatoms. The summed E-state index contributed by atoms with van der Waals surface area (Å²) >= 11 is 0. The second-order valence-electron chi connectivity index (χ2n) is 6.61. The summed E-state index contributed by atoms with van der Waals surface area (Å²) in [5.41, 5.74) is 1.51. The van der Waals surface area contributed by atoms with Crippen LogP contribution in [0.4, 0.5) is 10.1 Å². The summed E-state index contributed by atoms with van der Waals surface area (Å²) < 4.78 is 15.1. The number of aromatic nitrogens is 2. The predicted octanol–water partition coefficient (Wildman–Crippen LogP) is 2.53. The van der Waals surface area contributed by atoms with Gasteiger partial charge in [0.2, 0.25) is 5.91 Å². The minimum absolute atomic E-state index is 0. The molecule has 1 aromatic heterocycles. The van der Waals surface area contributed by atoms with E-state index in [2.05, 4.69) is 10.4 Å². The molecular formula is C18H23ClFN5O3. The smallest absolute Gasteiger partial charge is 0.312 e. The molecule has 1 amide bonds. The largest absolute Gasteiger partial charge is 0.333 e. The maximum atomic E-state index is 13.6. The fourth-order valence-electron chi connectivity index (χ4n) is 3.53. The molecule has 1 unspecified atom stereocenters. The molecule has 0 aliphatic carbocycles. The first-order valence-corrected chi connectivity index (χ1v) is 8.82. The Bertz CT molecular complexity index is 873. The zero-order valence-electron chi connectivity index (χ0n) is 15.7. The summed E-state index contributed by atoms with van der Waals surface area (Å²) in [6, 6.07) is 6.03. The van der Waals surface area contributed by atoms with E-state index in [0.717, 1.165) is 5.56 Å². The normalized spacial score (nSPS) is 16.5. The molecule has 1 aliphatic rings. The van der Waals surface area contributed by atoms with Gasteiger partial charge in [-0.3, -0.25) is 19.6 Å². The van der Waals surface area contributed by atoms with Gasteiger partial charge in [-0.05, 0) is 31.5 Å². The van der Waals surface area contributed by atoms with Crippen LogP contribution in [0.5, 0.6) is 0 Å². The number of amides is 1. The number of piperazine rings is 1. The summed E-state index contributed by atoms with van der Waals surface area (Å²) in [6.07, 6.45) is 0.172. The molecule has 1 fully saturated rings. The van der Waals surface area contributed by atoms with E-state index in [1.54, 1.807) is 24.8 Å². The summed E-state index contributed by atoms with van der Waals surface area (Å²) in [6.45, 7) is 5.22. The molecule has 1 aromatic carbocycles. The molecule has 152 valence electrons.